The Morgan fingerprint density at radius 2 is 1.59 bits per heavy atom. The summed E-state index contributed by atoms with van der Waals surface area (Å²) in [5.41, 5.74) is 2.07. The van der Waals surface area contributed by atoms with Crippen molar-refractivity contribution in [3.8, 4) is 5.40 Å². The molecule has 0 saturated carbocycles. The number of hydrogen-bond acceptors (Lipinski definition) is 10. The van der Waals surface area contributed by atoms with Crippen LogP contribution in [0.1, 0.15) is 6.92 Å². The van der Waals surface area contributed by atoms with E-state index in [2.05, 4.69) is 24.7 Å². The van der Waals surface area contributed by atoms with Crippen LogP contribution in [0.15, 0.2) is 63.7 Å². The maximum absolute atomic E-state index is 12.2. The summed E-state index contributed by atoms with van der Waals surface area (Å²) in [6.07, 6.45) is 0. The first kappa shape index (κ1) is 25.8. The number of hydrogen-bond donors (Lipinski definition) is 1. The third kappa shape index (κ3) is 8.56. The SMILES string of the molecule is CCN(CCSC#N)c1ccc(N=Nc2ccc(S(=O)(=O)CCOS(=O)(=O)O)cc2)cc1. The Kier molecular flexibility index (Phi) is 9.60. The van der Waals surface area contributed by atoms with E-state index in [1.165, 1.54) is 36.0 Å². The van der Waals surface area contributed by atoms with E-state index in [4.69, 9.17) is 9.81 Å². The zero-order valence-electron chi connectivity index (χ0n) is 17.2. The fourth-order valence-electron chi connectivity index (χ4n) is 2.60. The highest BCUT2D eigenvalue weighted by Gasteiger charge is 2.16. The molecular weight excluding hydrogens is 476 g/mol. The molecule has 0 aromatic heterocycles. The molecule has 0 unspecified atom stereocenters. The topological polar surface area (TPSA) is 149 Å². The van der Waals surface area contributed by atoms with Crippen LogP contribution < -0.4 is 4.90 Å². The zero-order chi connectivity index (χ0) is 23.6. The van der Waals surface area contributed by atoms with Crippen LogP contribution >= 0.6 is 11.8 Å². The fourth-order valence-corrected chi connectivity index (χ4v) is 4.50. The second-order valence-corrected chi connectivity index (χ2v) is 10.4. The first-order valence-corrected chi connectivity index (χ1v) is 13.4. The predicted octanol–water partition coefficient (Wildman–Crippen LogP) is 3.74. The van der Waals surface area contributed by atoms with E-state index in [1.54, 1.807) is 0 Å². The van der Waals surface area contributed by atoms with E-state index < -0.39 is 32.6 Å². The van der Waals surface area contributed by atoms with Gasteiger partial charge < -0.3 is 4.90 Å². The molecule has 2 aromatic rings. The lowest BCUT2D eigenvalue weighted by Crippen LogP contribution is -2.25. The molecule has 0 radical (unpaired) electrons. The van der Waals surface area contributed by atoms with Crippen LogP contribution in [0.4, 0.5) is 17.1 Å². The average molecular weight is 499 g/mol. The van der Waals surface area contributed by atoms with Gasteiger partial charge in [-0.2, -0.15) is 23.9 Å². The van der Waals surface area contributed by atoms with Crippen LogP contribution in [-0.4, -0.2) is 52.6 Å². The van der Waals surface area contributed by atoms with Crippen molar-refractivity contribution in [1.29, 1.82) is 5.26 Å². The molecular formula is C19H22N4O6S3. The van der Waals surface area contributed by atoms with Gasteiger partial charge in [-0.25, -0.2) is 12.6 Å². The number of benzene rings is 2. The number of sulfone groups is 1. The van der Waals surface area contributed by atoms with Crippen molar-refractivity contribution in [3.63, 3.8) is 0 Å². The van der Waals surface area contributed by atoms with Crippen LogP contribution in [0.3, 0.4) is 0 Å². The van der Waals surface area contributed by atoms with Crippen LogP contribution in [0, 0.1) is 10.7 Å². The van der Waals surface area contributed by atoms with Crippen LogP contribution in [-0.2, 0) is 24.4 Å². The summed E-state index contributed by atoms with van der Waals surface area (Å²) in [5, 5.41) is 18.9. The first-order chi connectivity index (χ1) is 15.1. The summed E-state index contributed by atoms with van der Waals surface area (Å²) >= 11 is 1.21. The van der Waals surface area contributed by atoms with Crippen molar-refractivity contribution in [1.82, 2.24) is 0 Å². The molecule has 0 atom stereocenters. The molecule has 0 bridgehead atoms. The Balaban J connectivity index is 1.99. The summed E-state index contributed by atoms with van der Waals surface area (Å²) in [4.78, 5) is 2.11. The van der Waals surface area contributed by atoms with E-state index in [0.717, 1.165) is 18.8 Å². The molecule has 0 saturated heterocycles. The van der Waals surface area contributed by atoms with Crippen molar-refractivity contribution in [2.24, 2.45) is 10.2 Å². The smallest absolute Gasteiger partial charge is 0.371 e. The maximum Gasteiger partial charge on any atom is 0.397 e. The van der Waals surface area contributed by atoms with E-state index in [0.29, 0.717) is 17.1 Å². The number of rotatable bonds is 12. The lowest BCUT2D eigenvalue weighted by Gasteiger charge is -2.22. The maximum atomic E-state index is 12.2. The Labute approximate surface area is 191 Å². The largest absolute Gasteiger partial charge is 0.397 e. The molecule has 1 N–H and O–H groups in total. The third-order valence-electron chi connectivity index (χ3n) is 4.19. The van der Waals surface area contributed by atoms with Gasteiger partial charge in [0.25, 0.3) is 0 Å². The van der Waals surface area contributed by atoms with Crippen molar-refractivity contribution in [2.45, 2.75) is 11.8 Å². The standard InChI is InChI=1S/C19H22N4O6S3/c1-2-23(11-13-30-15-20)18-7-3-16(4-8-18)21-22-17-5-9-19(10-6-17)31(24,25)14-12-29-32(26,27)28/h3-10H,2,11-14H2,1H3,(H,26,27,28). The monoisotopic (exact) mass is 498 g/mol. The number of nitrogens with zero attached hydrogens (tertiary/aromatic N) is 4. The molecule has 10 nitrogen and oxygen atoms in total. The molecule has 13 heteroatoms. The lowest BCUT2D eigenvalue weighted by atomic mass is 10.2. The van der Waals surface area contributed by atoms with Gasteiger partial charge in [0.15, 0.2) is 9.84 Å². The summed E-state index contributed by atoms with van der Waals surface area (Å²) in [6, 6.07) is 13.1. The molecule has 2 rings (SSSR count). The number of azo groups is 1. The molecule has 0 aliphatic heterocycles. The molecule has 0 spiro atoms. The Bertz CT molecular complexity index is 1160. The van der Waals surface area contributed by atoms with Gasteiger partial charge in [0.05, 0.1) is 28.6 Å². The molecule has 32 heavy (non-hydrogen) atoms. The Hall–Kier alpha value is -2.50. The van der Waals surface area contributed by atoms with E-state index in [1.807, 2.05) is 31.2 Å². The lowest BCUT2D eigenvalue weighted by molar-refractivity contribution is 0.284. The normalized spacial score (nSPS) is 12.0. The summed E-state index contributed by atoms with van der Waals surface area (Å²) < 4.78 is 57.9. The Morgan fingerprint density at radius 3 is 2.09 bits per heavy atom. The van der Waals surface area contributed by atoms with Gasteiger partial charge in [-0.1, -0.05) is 0 Å². The minimum atomic E-state index is -4.69. The van der Waals surface area contributed by atoms with Gasteiger partial charge in [-0.15, -0.1) is 0 Å². The van der Waals surface area contributed by atoms with Crippen LogP contribution in [0.5, 0.6) is 0 Å². The zero-order valence-corrected chi connectivity index (χ0v) is 19.6. The molecule has 0 aliphatic carbocycles. The molecule has 0 fully saturated rings. The van der Waals surface area contributed by atoms with Gasteiger partial charge in [-0.3, -0.25) is 4.55 Å². The number of nitriles is 1. The Morgan fingerprint density at radius 1 is 1.03 bits per heavy atom. The van der Waals surface area contributed by atoms with Gasteiger partial charge in [0.1, 0.15) is 5.40 Å². The van der Waals surface area contributed by atoms with Gasteiger partial charge in [-0.05, 0) is 67.2 Å². The highest BCUT2D eigenvalue weighted by Crippen LogP contribution is 2.23. The first-order valence-electron chi connectivity index (χ1n) is 9.37. The minimum absolute atomic E-state index is 0.0334. The highest BCUT2D eigenvalue weighted by atomic mass is 32.3. The molecule has 0 amide bonds. The van der Waals surface area contributed by atoms with Gasteiger partial charge in [0.2, 0.25) is 0 Å². The minimum Gasteiger partial charge on any atom is -0.371 e. The second kappa shape index (κ2) is 11.9. The number of thioether (sulfide) groups is 1. The van der Waals surface area contributed by atoms with Crippen molar-refractivity contribution in [3.05, 3.63) is 48.5 Å². The number of thiocyanates is 1. The van der Waals surface area contributed by atoms with E-state index in [-0.39, 0.29) is 4.90 Å². The number of anilines is 1. The molecule has 0 heterocycles. The fraction of sp³-hybridized carbons (Fsp3) is 0.316. The van der Waals surface area contributed by atoms with Crippen molar-refractivity contribution < 1.29 is 25.6 Å². The quantitative estimate of drug-likeness (QED) is 0.200. The van der Waals surface area contributed by atoms with Crippen molar-refractivity contribution in [2.75, 3.05) is 36.1 Å². The third-order valence-corrected chi connectivity index (χ3v) is 6.86. The van der Waals surface area contributed by atoms with E-state index >= 15 is 0 Å². The summed E-state index contributed by atoms with van der Waals surface area (Å²) in [5.74, 6) is 0.106. The molecule has 172 valence electrons. The van der Waals surface area contributed by atoms with E-state index in [9.17, 15) is 16.8 Å². The van der Waals surface area contributed by atoms with Gasteiger partial charge >= 0.3 is 10.4 Å². The summed E-state index contributed by atoms with van der Waals surface area (Å²) in [7, 11) is -8.48. The summed E-state index contributed by atoms with van der Waals surface area (Å²) in [6.45, 7) is 2.91. The average Bonchev–Trinajstić information content (AvgIpc) is 2.75. The molecule has 0 aliphatic rings. The highest BCUT2D eigenvalue weighted by molar-refractivity contribution is 8.03. The predicted molar refractivity (Wildman–Crippen MR) is 123 cm³/mol. The van der Waals surface area contributed by atoms with Crippen molar-refractivity contribution >= 4 is 49.1 Å². The van der Waals surface area contributed by atoms with Crippen LogP contribution in [0.2, 0.25) is 0 Å². The van der Waals surface area contributed by atoms with Crippen LogP contribution in [0.25, 0.3) is 0 Å². The molecule has 2 aromatic carbocycles. The second-order valence-electron chi connectivity index (χ2n) is 6.30. The van der Waals surface area contributed by atoms with Gasteiger partial charge in [0, 0.05) is 24.5 Å².